The third-order valence-corrected chi connectivity index (χ3v) is 8.48. The van der Waals surface area contributed by atoms with Gasteiger partial charge in [-0.1, -0.05) is 115 Å². The van der Waals surface area contributed by atoms with Crippen LogP contribution in [0.3, 0.4) is 0 Å². The topological polar surface area (TPSA) is 134 Å². The number of phosphoric ester groups is 1. The van der Waals surface area contributed by atoms with Crippen LogP contribution in [-0.2, 0) is 32.7 Å². The van der Waals surface area contributed by atoms with Crippen molar-refractivity contribution in [1.82, 2.24) is 0 Å². The van der Waals surface area contributed by atoms with E-state index in [4.69, 9.17) is 24.3 Å². The van der Waals surface area contributed by atoms with Crippen LogP contribution in [0.15, 0.2) is 36.5 Å². The molecule has 0 aromatic rings. The zero-order valence-corrected chi connectivity index (χ0v) is 30.7. The second-order valence-electron chi connectivity index (χ2n) is 12.1. The lowest BCUT2D eigenvalue weighted by Crippen LogP contribution is -2.29. The molecule has 0 aromatic carbocycles. The maximum absolute atomic E-state index is 12.5. The SMILES string of the molecule is CCCC/C=C\C/C=C\CCCCCCCC(=O)OC(COC(=O)CCCCCCC/C=C\CCCCC)COP(=O)(O)OCCN. The van der Waals surface area contributed by atoms with E-state index < -0.39 is 32.5 Å². The molecule has 0 aliphatic carbocycles. The summed E-state index contributed by atoms with van der Waals surface area (Å²) in [5.74, 6) is -0.859. The summed E-state index contributed by atoms with van der Waals surface area (Å²) in [6.45, 7) is 3.62. The second-order valence-corrected chi connectivity index (χ2v) is 13.5. The number of allylic oxidation sites excluding steroid dienone is 6. The molecule has 274 valence electrons. The van der Waals surface area contributed by atoms with Crippen LogP contribution in [0.4, 0.5) is 0 Å². The van der Waals surface area contributed by atoms with E-state index in [-0.39, 0.29) is 32.6 Å². The highest BCUT2D eigenvalue weighted by molar-refractivity contribution is 7.47. The van der Waals surface area contributed by atoms with Gasteiger partial charge in [-0.15, -0.1) is 0 Å². The summed E-state index contributed by atoms with van der Waals surface area (Å²) in [7, 11) is -4.37. The first-order chi connectivity index (χ1) is 22.8. The Morgan fingerprint density at radius 1 is 0.638 bits per heavy atom. The summed E-state index contributed by atoms with van der Waals surface area (Å²) >= 11 is 0. The first-order valence-corrected chi connectivity index (χ1v) is 20.0. The van der Waals surface area contributed by atoms with E-state index in [1.54, 1.807) is 0 Å². The normalized spacial score (nSPS) is 13.9. The maximum atomic E-state index is 12.5. The molecule has 0 rings (SSSR count). The van der Waals surface area contributed by atoms with Crippen molar-refractivity contribution in [3.8, 4) is 0 Å². The van der Waals surface area contributed by atoms with E-state index in [9.17, 15) is 19.0 Å². The lowest BCUT2D eigenvalue weighted by molar-refractivity contribution is -0.161. The van der Waals surface area contributed by atoms with Gasteiger partial charge in [0.2, 0.25) is 0 Å². The largest absolute Gasteiger partial charge is 0.472 e. The lowest BCUT2D eigenvalue weighted by Gasteiger charge is -2.19. The van der Waals surface area contributed by atoms with Gasteiger partial charge in [0.25, 0.3) is 0 Å². The van der Waals surface area contributed by atoms with Crippen LogP contribution in [0.5, 0.6) is 0 Å². The van der Waals surface area contributed by atoms with E-state index >= 15 is 0 Å². The minimum absolute atomic E-state index is 0.0492. The van der Waals surface area contributed by atoms with Crippen molar-refractivity contribution in [1.29, 1.82) is 0 Å². The smallest absolute Gasteiger partial charge is 0.462 e. The number of hydrogen-bond donors (Lipinski definition) is 2. The molecule has 3 N–H and O–H groups in total. The number of unbranched alkanes of at least 4 members (excludes halogenated alkanes) is 15. The zero-order chi connectivity index (χ0) is 34.7. The Morgan fingerprint density at radius 2 is 1.13 bits per heavy atom. The summed E-state index contributed by atoms with van der Waals surface area (Å²) in [5.41, 5.74) is 5.32. The van der Waals surface area contributed by atoms with Crippen LogP contribution in [0.2, 0.25) is 0 Å². The molecular weight excluding hydrogens is 617 g/mol. The molecular formula is C37H68NO8P. The number of esters is 2. The van der Waals surface area contributed by atoms with Gasteiger partial charge in [-0.3, -0.25) is 18.6 Å². The average molecular weight is 686 g/mol. The molecule has 9 nitrogen and oxygen atoms in total. The summed E-state index contributed by atoms with van der Waals surface area (Å²) in [4.78, 5) is 34.6. The van der Waals surface area contributed by atoms with Crippen LogP contribution in [0.1, 0.15) is 155 Å². The van der Waals surface area contributed by atoms with Gasteiger partial charge in [-0.25, -0.2) is 4.57 Å². The van der Waals surface area contributed by atoms with Crippen molar-refractivity contribution in [2.75, 3.05) is 26.4 Å². The molecule has 0 bridgehead atoms. The molecule has 0 saturated heterocycles. The number of hydrogen-bond acceptors (Lipinski definition) is 8. The third-order valence-electron chi connectivity index (χ3n) is 7.50. The Kier molecular flexibility index (Phi) is 32.8. The Bertz CT molecular complexity index is 876. The van der Waals surface area contributed by atoms with Gasteiger partial charge < -0.3 is 20.1 Å². The first-order valence-electron chi connectivity index (χ1n) is 18.5. The average Bonchev–Trinajstić information content (AvgIpc) is 3.05. The van der Waals surface area contributed by atoms with Gasteiger partial charge in [0.1, 0.15) is 6.61 Å². The fraction of sp³-hybridized carbons (Fsp3) is 0.784. The van der Waals surface area contributed by atoms with Gasteiger partial charge in [-0.05, 0) is 64.2 Å². The molecule has 0 radical (unpaired) electrons. The molecule has 0 amide bonds. The van der Waals surface area contributed by atoms with Crippen LogP contribution in [0, 0.1) is 0 Å². The predicted octanol–water partition coefficient (Wildman–Crippen LogP) is 9.82. The fourth-order valence-corrected chi connectivity index (χ4v) is 5.47. The molecule has 2 atom stereocenters. The van der Waals surface area contributed by atoms with E-state index in [1.165, 1.54) is 38.5 Å². The molecule has 47 heavy (non-hydrogen) atoms. The molecule has 0 spiro atoms. The second kappa shape index (κ2) is 34.1. The molecule has 0 fully saturated rings. The predicted molar refractivity (Wildman–Crippen MR) is 192 cm³/mol. The van der Waals surface area contributed by atoms with Crippen LogP contribution in [-0.4, -0.2) is 49.3 Å². The highest BCUT2D eigenvalue weighted by atomic mass is 31.2. The van der Waals surface area contributed by atoms with Crippen LogP contribution in [0.25, 0.3) is 0 Å². The quantitative estimate of drug-likeness (QED) is 0.0294. The summed E-state index contributed by atoms with van der Waals surface area (Å²) < 4.78 is 32.6. The van der Waals surface area contributed by atoms with Gasteiger partial charge in [-0.2, -0.15) is 0 Å². The highest BCUT2D eigenvalue weighted by Crippen LogP contribution is 2.43. The summed E-state index contributed by atoms with van der Waals surface area (Å²) in [5, 5.41) is 0. The molecule has 0 heterocycles. The summed E-state index contributed by atoms with van der Waals surface area (Å²) in [6, 6.07) is 0. The van der Waals surface area contributed by atoms with E-state index in [0.29, 0.717) is 6.42 Å². The van der Waals surface area contributed by atoms with E-state index in [0.717, 1.165) is 83.5 Å². The minimum Gasteiger partial charge on any atom is -0.462 e. The Morgan fingerprint density at radius 3 is 1.70 bits per heavy atom. The monoisotopic (exact) mass is 685 g/mol. The van der Waals surface area contributed by atoms with Gasteiger partial charge in [0.05, 0.1) is 13.2 Å². The van der Waals surface area contributed by atoms with Crippen molar-refractivity contribution >= 4 is 19.8 Å². The molecule has 0 aliphatic rings. The fourth-order valence-electron chi connectivity index (χ4n) is 4.70. The van der Waals surface area contributed by atoms with E-state index in [1.807, 2.05) is 0 Å². The van der Waals surface area contributed by atoms with Gasteiger partial charge in [0, 0.05) is 19.4 Å². The van der Waals surface area contributed by atoms with Crippen molar-refractivity contribution in [3.63, 3.8) is 0 Å². The van der Waals surface area contributed by atoms with Gasteiger partial charge >= 0.3 is 19.8 Å². The van der Waals surface area contributed by atoms with Crippen molar-refractivity contribution in [3.05, 3.63) is 36.5 Å². The number of carbonyl (C=O) groups is 2. The molecule has 0 saturated carbocycles. The number of ether oxygens (including phenoxy) is 2. The Hall–Kier alpha value is -1.77. The lowest BCUT2D eigenvalue weighted by atomic mass is 10.1. The Labute approximate surface area is 286 Å². The van der Waals surface area contributed by atoms with Crippen molar-refractivity contribution in [2.45, 2.75) is 161 Å². The van der Waals surface area contributed by atoms with Crippen molar-refractivity contribution in [2.24, 2.45) is 5.73 Å². The maximum Gasteiger partial charge on any atom is 0.472 e. The zero-order valence-electron chi connectivity index (χ0n) is 29.8. The van der Waals surface area contributed by atoms with E-state index in [2.05, 4.69) is 50.3 Å². The summed E-state index contributed by atoms with van der Waals surface area (Å²) in [6.07, 6.45) is 34.6. The van der Waals surface area contributed by atoms with Crippen LogP contribution < -0.4 is 5.73 Å². The van der Waals surface area contributed by atoms with Crippen molar-refractivity contribution < 1.29 is 37.6 Å². The Balaban J connectivity index is 4.29. The molecule has 0 aliphatic heterocycles. The van der Waals surface area contributed by atoms with Crippen LogP contribution >= 0.6 is 7.82 Å². The molecule has 0 aromatic heterocycles. The minimum atomic E-state index is -4.37. The molecule has 10 heteroatoms. The van der Waals surface area contributed by atoms with Gasteiger partial charge in [0.15, 0.2) is 6.10 Å². The third kappa shape index (κ3) is 33.9. The number of carbonyl (C=O) groups excluding carboxylic acids is 2. The number of rotatable bonds is 34. The number of nitrogens with two attached hydrogens (primary N) is 1. The highest BCUT2D eigenvalue weighted by Gasteiger charge is 2.25. The number of phosphoric acid groups is 1. The molecule has 2 unspecified atom stereocenters. The first kappa shape index (κ1) is 45.2. The standard InChI is InChI=1S/C37H68NO8P/c1-3-5-7-9-11-13-15-17-18-20-22-24-26-28-30-37(40)46-35(34-45-47(41,42)44-32-31-38)33-43-36(39)29-27-25-23-21-19-16-14-12-10-8-6-4-2/h9,11-12,14-15,17,35H,3-8,10,13,16,18-34,38H2,1-2H3,(H,41,42)/b11-9-,14-12-,17-15-.